The molecule has 3 heteroatoms. The van der Waals surface area contributed by atoms with E-state index in [0.717, 1.165) is 8.58 Å². The number of para-hydroxylation sites is 1. The molecule has 2 rings (SSSR count). The van der Waals surface area contributed by atoms with Crippen LogP contribution in [0.25, 0.3) is 0 Å². The third kappa shape index (κ3) is 3.73. The summed E-state index contributed by atoms with van der Waals surface area (Å²) < 4.78 is 0. The maximum atomic E-state index is 2.21. The molecule has 0 bridgehead atoms. The van der Waals surface area contributed by atoms with Crippen molar-refractivity contribution in [2.45, 2.75) is 0 Å². The Morgan fingerprint density at radius 2 is 1.41 bits per heavy atom. The van der Waals surface area contributed by atoms with Gasteiger partial charge in [-0.1, -0.05) is 57.1 Å². The molecule has 1 nitrogen and oxygen atoms in total. The van der Waals surface area contributed by atoms with Crippen LogP contribution in [0.4, 0.5) is 5.69 Å². The molecule has 0 aromatic heterocycles. The second kappa shape index (κ2) is 6.64. The van der Waals surface area contributed by atoms with Gasteiger partial charge in [0, 0.05) is 25.1 Å². The molecule has 0 amide bonds. The van der Waals surface area contributed by atoms with E-state index in [9.17, 15) is 0 Å². The summed E-state index contributed by atoms with van der Waals surface area (Å²) in [5, 5.41) is 2.79. The van der Waals surface area contributed by atoms with E-state index in [0.29, 0.717) is 0 Å². The summed E-state index contributed by atoms with van der Waals surface area (Å²) in [6.07, 6.45) is 0. The highest BCUT2D eigenvalue weighted by molar-refractivity contribution is 7.55. The molecule has 90 valence electrons. The summed E-state index contributed by atoms with van der Waals surface area (Å²) in [6, 6.07) is 19.2. The fraction of sp³-hybridized carbons (Fsp3) is 0.143. The summed E-state index contributed by atoms with van der Waals surface area (Å²) >= 11 is 0. The van der Waals surface area contributed by atoms with E-state index in [2.05, 4.69) is 73.6 Å². The highest BCUT2D eigenvalue weighted by atomic mass is 35.5. The van der Waals surface area contributed by atoms with Crippen molar-refractivity contribution >= 4 is 37.3 Å². The fourth-order valence-corrected chi connectivity index (χ4v) is 2.93. The topological polar surface area (TPSA) is 3.24 Å². The summed E-state index contributed by atoms with van der Waals surface area (Å²) in [5.74, 6) is 0. The molecule has 1 atom stereocenters. The number of benzene rings is 2. The molecule has 2 aromatic rings. The Bertz CT molecular complexity index is 457. The van der Waals surface area contributed by atoms with Crippen molar-refractivity contribution in [3.8, 4) is 0 Å². The van der Waals surface area contributed by atoms with Crippen LogP contribution in [-0.4, -0.2) is 14.1 Å². The molecule has 0 aliphatic rings. The van der Waals surface area contributed by atoms with Gasteiger partial charge < -0.3 is 4.90 Å². The fourth-order valence-electron chi connectivity index (χ4n) is 1.65. The molecular weight excluding hydrogens is 249 g/mol. The highest BCUT2D eigenvalue weighted by Crippen LogP contribution is 2.18. The van der Waals surface area contributed by atoms with Crippen molar-refractivity contribution in [3.63, 3.8) is 0 Å². The Morgan fingerprint density at radius 1 is 0.824 bits per heavy atom. The van der Waals surface area contributed by atoms with Crippen LogP contribution in [0.1, 0.15) is 0 Å². The Morgan fingerprint density at radius 3 is 2.06 bits per heavy atom. The maximum absolute atomic E-state index is 2.21. The highest BCUT2D eigenvalue weighted by Gasteiger charge is 2.03. The normalized spacial score (nSPS) is 10.2. The Kier molecular flexibility index (Phi) is 5.47. The van der Waals surface area contributed by atoms with Gasteiger partial charge in [0.1, 0.15) is 0 Å². The second-order valence-corrected chi connectivity index (χ2v) is 5.27. The van der Waals surface area contributed by atoms with Crippen LogP contribution < -0.4 is 15.5 Å². The molecule has 0 saturated heterocycles. The molecule has 2 aromatic carbocycles. The minimum atomic E-state index is 0. The summed E-state index contributed by atoms with van der Waals surface area (Å²) in [5.41, 5.74) is 1.31. The lowest BCUT2D eigenvalue weighted by molar-refractivity contribution is 1.14. The number of anilines is 1. The van der Waals surface area contributed by atoms with Crippen LogP contribution in [0.5, 0.6) is 0 Å². The third-order valence-corrected chi connectivity index (χ3v) is 3.75. The minimum absolute atomic E-state index is 0. The number of nitrogens with zero attached hydrogens (tertiary/aromatic N) is 1. The van der Waals surface area contributed by atoms with Gasteiger partial charge in [-0.2, -0.15) is 0 Å². The molecule has 0 spiro atoms. The summed E-state index contributed by atoms with van der Waals surface area (Å²) in [7, 11) is 4.91. The molecule has 0 radical (unpaired) electrons. The van der Waals surface area contributed by atoms with Crippen LogP contribution in [0.15, 0.2) is 54.6 Å². The van der Waals surface area contributed by atoms with Gasteiger partial charge in [-0.3, -0.25) is 0 Å². The van der Waals surface area contributed by atoms with Gasteiger partial charge >= 0.3 is 0 Å². The predicted molar refractivity (Wildman–Crippen MR) is 82.0 cm³/mol. The maximum Gasteiger partial charge on any atom is 0.0439 e. The zero-order valence-electron chi connectivity index (χ0n) is 10.1. The Labute approximate surface area is 111 Å². The first-order valence-corrected chi connectivity index (χ1v) is 6.36. The van der Waals surface area contributed by atoms with Crippen molar-refractivity contribution in [1.82, 2.24) is 0 Å². The second-order valence-electron chi connectivity index (χ2n) is 3.90. The molecule has 1 unspecified atom stereocenters. The van der Waals surface area contributed by atoms with Crippen LogP contribution in [0.2, 0.25) is 0 Å². The number of hydrogen-bond donors (Lipinski definition) is 0. The van der Waals surface area contributed by atoms with E-state index in [-0.39, 0.29) is 12.4 Å². The first-order valence-electron chi connectivity index (χ1n) is 5.36. The number of hydrogen-bond acceptors (Lipinski definition) is 1. The van der Waals surface area contributed by atoms with Gasteiger partial charge in [0.05, 0.1) is 0 Å². The monoisotopic (exact) mass is 265 g/mol. The zero-order valence-corrected chi connectivity index (χ0v) is 11.9. The lowest BCUT2D eigenvalue weighted by Gasteiger charge is -2.17. The molecule has 0 N–H and O–H groups in total. The lowest BCUT2D eigenvalue weighted by atomic mass is 10.3. The van der Waals surface area contributed by atoms with Crippen LogP contribution >= 0.6 is 21.0 Å². The van der Waals surface area contributed by atoms with E-state index < -0.39 is 0 Å². The standard InChI is InChI=1S/C14H16NP.ClH/c1-15(2)13-10-6-7-11-14(13)16-12-8-4-3-5-9-12;/h3-11,16H,1-2H3;1H. The van der Waals surface area contributed by atoms with Gasteiger partial charge in [0.25, 0.3) is 0 Å². The molecule has 17 heavy (non-hydrogen) atoms. The summed E-state index contributed by atoms with van der Waals surface area (Å²) in [6.45, 7) is 0. The number of halogens is 1. The molecule has 0 heterocycles. The van der Waals surface area contributed by atoms with Crippen LogP contribution in [0, 0.1) is 0 Å². The van der Waals surface area contributed by atoms with Gasteiger partial charge in [-0.15, -0.1) is 12.4 Å². The Balaban J connectivity index is 0.00000144. The van der Waals surface area contributed by atoms with E-state index in [1.54, 1.807) is 0 Å². The lowest BCUT2D eigenvalue weighted by Crippen LogP contribution is -2.17. The van der Waals surface area contributed by atoms with E-state index in [1.807, 2.05) is 0 Å². The van der Waals surface area contributed by atoms with E-state index in [4.69, 9.17) is 0 Å². The van der Waals surface area contributed by atoms with Gasteiger partial charge in [0.15, 0.2) is 0 Å². The van der Waals surface area contributed by atoms with E-state index in [1.165, 1.54) is 16.3 Å². The van der Waals surface area contributed by atoms with Gasteiger partial charge in [-0.05, 0) is 11.4 Å². The molecule has 0 aliphatic heterocycles. The van der Waals surface area contributed by atoms with Crippen molar-refractivity contribution in [3.05, 3.63) is 54.6 Å². The smallest absolute Gasteiger partial charge is 0.0439 e. The van der Waals surface area contributed by atoms with Crippen molar-refractivity contribution in [2.75, 3.05) is 19.0 Å². The third-order valence-electron chi connectivity index (χ3n) is 2.44. The molecule has 0 fully saturated rings. The van der Waals surface area contributed by atoms with Crippen molar-refractivity contribution in [2.24, 2.45) is 0 Å². The van der Waals surface area contributed by atoms with E-state index >= 15 is 0 Å². The minimum Gasteiger partial charge on any atom is -0.377 e. The van der Waals surface area contributed by atoms with Crippen molar-refractivity contribution < 1.29 is 0 Å². The van der Waals surface area contributed by atoms with Crippen LogP contribution in [-0.2, 0) is 0 Å². The van der Waals surface area contributed by atoms with Gasteiger partial charge in [0.2, 0.25) is 0 Å². The average molecular weight is 266 g/mol. The zero-order chi connectivity index (χ0) is 11.4. The predicted octanol–water partition coefficient (Wildman–Crippen LogP) is 2.80. The van der Waals surface area contributed by atoms with Gasteiger partial charge in [-0.25, -0.2) is 0 Å². The SMILES string of the molecule is CN(C)c1ccccc1Pc1ccccc1.Cl. The largest absolute Gasteiger partial charge is 0.377 e. The Hall–Kier alpha value is -1.04. The quantitative estimate of drug-likeness (QED) is 0.772. The first-order chi connectivity index (χ1) is 7.77. The summed E-state index contributed by atoms with van der Waals surface area (Å²) in [4.78, 5) is 2.17. The first kappa shape index (κ1) is 14.0. The van der Waals surface area contributed by atoms with Crippen LogP contribution in [0.3, 0.4) is 0 Å². The molecule has 0 aliphatic carbocycles. The number of rotatable bonds is 3. The molecular formula is C14H17ClNP. The van der Waals surface area contributed by atoms with Crippen molar-refractivity contribution in [1.29, 1.82) is 0 Å². The molecule has 0 saturated carbocycles. The average Bonchev–Trinajstić information content (AvgIpc) is 2.31.